The van der Waals surface area contributed by atoms with E-state index in [0.717, 1.165) is 64.6 Å². The van der Waals surface area contributed by atoms with Crippen LogP contribution in [0.3, 0.4) is 0 Å². The zero-order valence-electron chi connectivity index (χ0n) is 32.0. The fourth-order valence-corrected chi connectivity index (χ4v) is 13.9. The summed E-state index contributed by atoms with van der Waals surface area (Å²) in [5, 5.41) is 11.0. The van der Waals surface area contributed by atoms with Gasteiger partial charge in [-0.25, -0.2) is 0 Å². The Labute approximate surface area is 304 Å². The summed E-state index contributed by atoms with van der Waals surface area (Å²) in [5.74, 6) is 0.321. The number of carbonyl (C=O) groups excluding carboxylic acids is 2. The molecule has 0 radical (unpaired) electrons. The molecule has 9 nitrogen and oxygen atoms in total. The molecule has 282 valence electrons. The molecule has 0 amide bonds. The van der Waals surface area contributed by atoms with Gasteiger partial charge in [0.05, 0.1) is 30.0 Å². The highest BCUT2D eigenvalue weighted by Crippen LogP contribution is 2.87. The van der Waals surface area contributed by atoms with Gasteiger partial charge in [0.15, 0.2) is 18.2 Å². The van der Waals surface area contributed by atoms with E-state index < -0.39 is 35.4 Å². The van der Waals surface area contributed by atoms with E-state index in [9.17, 15) is 14.7 Å². The van der Waals surface area contributed by atoms with Crippen LogP contribution in [0.5, 0.6) is 0 Å². The molecule has 7 aliphatic rings. The molecule has 8 rings (SSSR count). The van der Waals surface area contributed by atoms with Crippen molar-refractivity contribution in [3.63, 3.8) is 0 Å². The molecule has 3 N–H and O–H groups in total. The van der Waals surface area contributed by atoms with E-state index in [-0.39, 0.29) is 57.6 Å². The van der Waals surface area contributed by atoms with Crippen LogP contribution in [0.15, 0.2) is 30.3 Å². The van der Waals surface area contributed by atoms with Gasteiger partial charge >= 0.3 is 5.97 Å². The van der Waals surface area contributed by atoms with E-state index in [4.69, 9.17) is 24.7 Å². The third-order valence-electron chi connectivity index (χ3n) is 16.0. The van der Waals surface area contributed by atoms with Crippen LogP contribution in [0.1, 0.15) is 105 Å². The van der Waals surface area contributed by atoms with Crippen LogP contribution < -0.4 is 5.73 Å². The molecule has 9 heteroatoms. The van der Waals surface area contributed by atoms with Gasteiger partial charge in [-0.1, -0.05) is 58.0 Å². The van der Waals surface area contributed by atoms with Crippen molar-refractivity contribution in [2.45, 2.75) is 148 Å². The molecule has 3 unspecified atom stereocenters. The van der Waals surface area contributed by atoms with E-state index in [1.165, 1.54) is 12.5 Å². The second kappa shape index (κ2) is 12.1. The molecular weight excluding hydrogens is 644 g/mol. The summed E-state index contributed by atoms with van der Waals surface area (Å²) < 4.78 is 25.5. The quantitative estimate of drug-likeness (QED) is 0.347. The van der Waals surface area contributed by atoms with Gasteiger partial charge in [0.1, 0.15) is 6.10 Å². The molecule has 2 spiro atoms. The largest absolute Gasteiger partial charge is 0.457 e. The minimum atomic E-state index is -1.32. The van der Waals surface area contributed by atoms with Crippen molar-refractivity contribution >= 4 is 11.8 Å². The number of aliphatic hydroxyl groups is 1. The molecule has 2 heterocycles. The maximum Gasteiger partial charge on any atom is 0.303 e. The Kier molecular flexibility index (Phi) is 8.54. The van der Waals surface area contributed by atoms with E-state index in [2.05, 4.69) is 62.9 Å². The number of benzene rings is 1. The summed E-state index contributed by atoms with van der Waals surface area (Å²) in [5.41, 5.74) is 6.59. The fraction of sp³-hybridized carbons (Fsp3) is 0.810. The Morgan fingerprint density at radius 2 is 1.78 bits per heavy atom. The Hall–Kier alpha value is -1.88. The highest BCUT2D eigenvalue weighted by Gasteiger charge is 2.85. The van der Waals surface area contributed by atoms with Gasteiger partial charge in [0, 0.05) is 32.5 Å². The molecular formula is C42H62N2O7. The molecule has 5 aliphatic carbocycles. The van der Waals surface area contributed by atoms with Crippen LogP contribution in [-0.2, 0) is 35.1 Å². The van der Waals surface area contributed by atoms with Crippen LogP contribution in [-0.4, -0.2) is 83.3 Å². The minimum absolute atomic E-state index is 0.00617. The van der Waals surface area contributed by atoms with Crippen molar-refractivity contribution in [1.29, 1.82) is 0 Å². The zero-order valence-corrected chi connectivity index (χ0v) is 32.0. The van der Waals surface area contributed by atoms with Gasteiger partial charge in [-0.3, -0.25) is 14.5 Å². The average molecular weight is 707 g/mol. The van der Waals surface area contributed by atoms with Gasteiger partial charge in [-0.2, -0.15) is 0 Å². The molecule has 5 saturated carbocycles. The number of hydrogen-bond donors (Lipinski definition) is 2. The standard InChI is InChI=1S/C42H62N2O7/c1-25-21-28(36(38(5,6)47)49-26(2)45)50-34-33(25)39(7)17-18-41-24-40(41)16-15-31(37(3,4)29(40)13-14-30(41)42(39,43)35(34)46)51-32-23-44(19-20-48-32)22-27-11-9-8-10-12-27/h8-12,25,28-34,36,47H,13-24,43H2,1-7H3/t25-,28+,29+,30?,31+,32?,33+,34?,36+,39-,40-,41+,42+/m1/s1. The molecule has 2 aliphatic heterocycles. The summed E-state index contributed by atoms with van der Waals surface area (Å²) in [4.78, 5) is 29.5. The van der Waals surface area contributed by atoms with Gasteiger partial charge < -0.3 is 29.8 Å². The third kappa shape index (κ3) is 5.21. The summed E-state index contributed by atoms with van der Waals surface area (Å²) in [6.07, 6.45) is 5.69. The molecule has 0 bridgehead atoms. The van der Waals surface area contributed by atoms with Gasteiger partial charge in [-0.05, 0) is 110 Å². The van der Waals surface area contributed by atoms with E-state index >= 15 is 0 Å². The molecule has 51 heavy (non-hydrogen) atoms. The van der Waals surface area contributed by atoms with Crippen molar-refractivity contribution in [2.24, 2.45) is 51.1 Å². The Morgan fingerprint density at radius 1 is 1.08 bits per heavy atom. The number of rotatable bonds is 7. The molecule has 1 aromatic rings. The monoisotopic (exact) mass is 706 g/mol. The van der Waals surface area contributed by atoms with E-state index in [1.807, 2.05) is 0 Å². The lowest BCUT2D eigenvalue weighted by molar-refractivity contribution is -0.246. The highest BCUT2D eigenvalue weighted by atomic mass is 16.7. The van der Waals surface area contributed by atoms with Gasteiger partial charge in [-0.15, -0.1) is 0 Å². The first-order valence-electron chi connectivity index (χ1n) is 19.9. The molecule has 7 fully saturated rings. The van der Waals surface area contributed by atoms with Gasteiger partial charge in [0.25, 0.3) is 0 Å². The number of Topliss-reactive ketones (excluding diaryl/α,β-unsaturated/α-hetero) is 1. The molecule has 0 aromatic heterocycles. The Morgan fingerprint density at radius 3 is 2.49 bits per heavy atom. The van der Waals surface area contributed by atoms with E-state index in [1.54, 1.807) is 13.8 Å². The number of ether oxygens (including phenoxy) is 4. The molecule has 2 saturated heterocycles. The van der Waals surface area contributed by atoms with Crippen LogP contribution in [0.2, 0.25) is 0 Å². The average Bonchev–Trinajstić information content (AvgIpc) is 3.70. The van der Waals surface area contributed by atoms with Crippen LogP contribution >= 0.6 is 0 Å². The number of esters is 1. The second-order valence-electron chi connectivity index (χ2n) is 19.3. The van der Waals surface area contributed by atoms with Crippen LogP contribution in [0, 0.1) is 45.3 Å². The van der Waals surface area contributed by atoms with Crippen molar-refractivity contribution in [1.82, 2.24) is 4.90 Å². The third-order valence-corrected chi connectivity index (χ3v) is 16.0. The van der Waals surface area contributed by atoms with Crippen molar-refractivity contribution < 1.29 is 33.6 Å². The predicted octanol–water partition coefficient (Wildman–Crippen LogP) is 5.65. The normalized spacial score (nSPS) is 46.5. The number of fused-ring (bicyclic) bond motifs is 4. The topological polar surface area (TPSA) is 121 Å². The number of morpholine rings is 1. The number of ketones is 1. The summed E-state index contributed by atoms with van der Waals surface area (Å²) in [6.45, 7) is 17.3. The summed E-state index contributed by atoms with van der Waals surface area (Å²) in [6, 6.07) is 10.6. The lowest BCUT2D eigenvalue weighted by Gasteiger charge is -2.62. The summed E-state index contributed by atoms with van der Waals surface area (Å²) >= 11 is 0. The first-order valence-corrected chi connectivity index (χ1v) is 19.9. The van der Waals surface area contributed by atoms with Crippen molar-refractivity contribution in [3.8, 4) is 0 Å². The lowest BCUT2D eigenvalue weighted by atomic mass is 9.43. The zero-order chi connectivity index (χ0) is 36.4. The summed E-state index contributed by atoms with van der Waals surface area (Å²) in [7, 11) is 0. The maximum absolute atomic E-state index is 14.9. The Bertz CT molecular complexity index is 1530. The Balaban J connectivity index is 1.00. The lowest BCUT2D eigenvalue weighted by Crippen LogP contribution is -2.69. The van der Waals surface area contributed by atoms with Crippen molar-refractivity contribution in [2.75, 3.05) is 19.7 Å². The smallest absolute Gasteiger partial charge is 0.303 e. The van der Waals surface area contributed by atoms with Crippen molar-refractivity contribution in [3.05, 3.63) is 35.9 Å². The van der Waals surface area contributed by atoms with Crippen LogP contribution in [0.25, 0.3) is 0 Å². The number of carbonyl (C=O) groups is 2. The number of nitrogens with zero attached hydrogens (tertiary/aromatic N) is 1. The maximum atomic E-state index is 14.9. The number of nitrogens with two attached hydrogens (primary N) is 1. The minimum Gasteiger partial charge on any atom is -0.457 e. The first kappa shape index (κ1) is 36.1. The second-order valence-corrected chi connectivity index (χ2v) is 19.3. The number of hydrogen-bond acceptors (Lipinski definition) is 9. The van der Waals surface area contributed by atoms with Crippen LogP contribution in [0.4, 0.5) is 0 Å². The highest BCUT2D eigenvalue weighted by molar-refractivity contribution is 5.97. The molecule has 13 atom stereocenters. The first-order chi connectivity index (χ1) is 24.0. The van der Waals surface area contributed by atoms with E-state index in [0.29, 0.717) is 18.9 Å². The SMILES string of the molecule is CC(=O)O[C@@H]([C@@H]1C[C@@H](C)[C@H]2C(O1)C(=O)[C@@]1(N)C3CC[C@H]4C(C)(C)[C@@H](OC5CN(Cc6ccccc6)CCO5)CC[C@@]45C[C@@]35CC[C@]21C)C(C)(C)O. The fourth-order valence-electron chi connectivity index (χ4n) is 13.9. The van der Waals surface area contributed by atoms with Gasteiger partial charge in [0.2, 0.25) is 0 Å². The molecule has 1 aromatic carbocycles. The predicted molar refractivity (Wildman–Crippen MR) is 192 cm³/mol.